The number of allylic oxidation sites excluding steroid dienone is 2. The Morgan fingerprint density at radius 1 is 1.14 bits per heavy atom. The zero-order chi connectivity index (χ0) is 15.0. The molecule has 4 heteroatoms. The molecule has 106 valence electrons. The number of nitrogens with zero attached hydrogens (tertiary/aromatic N) is 1. The Morgan fingerprint density at radius 2 is 1.95 bits per heavy atom. The number of hydrogen-bond donors (Lipinski definition) is 0. The molecule has 0 radical (unpaired) electrons. The van der Waals surface area contributed by atoms with E-state index in [1.165, 1.54) is 37.0 Å². The van der Waals surface area contributed by atoms with Gasteiger partial charge in [0.15, 0.2) is 0 Å². The van der Waals surface area contributed by atoms with E-state index in [2.05, 4.69) is 40.2 Å². The quantitative estimate of drug-likeness (QED) is 0.573. The van der Waals surface area contributed by atoms with Gasteiger partial charge >= 0.3 is 0 Å². The number of thiophene rings is 1. The number of rotatable bonds is 2. The molecule has 0 amide bonds. The summed E-state index contributed by atoms with van der Waals surface area (Å²) in [5.74, 6) is 0. The minimum absolute atomic E-state index is 0.767. The maximum absolute atomic E-state index is 6.14. The molecular weight excluding hydrogens is 317 g/mol. The van der Waals surface area contributed by atoms with Crippen LogP contribution in [-0.4, -0.2) is 4.98 Å². The Kier molecular flexibility index (Phi) is 4.12. The standard InChI is InChI=1S/C17H15ClNPS/c1-10(14-8-13(18)3-4-15(14)20)11(2)17-7-12-9-19-6-5-16(12)21-17/h3-9H,20H2,1-2H3/b11-10-. The lowest BCUT2D eigenvalue weighted by Crippen LogP contribution is -1.99. The molecule has 21 heavy (non-hydrogen) atoms. The molecule has 0 aliphatic heterocycles. The number of hydrogen-bond acceptors (Lipinski definition) is 2. The smallest absolute Gasteiger partial charge is 0.0412 e. The molecule has 3 rings (SSSR count). The highest BCUT2D eigenvalue weighted by molar-refractivity contribution is 7.27. The van der Waals surface area contributed by atoms with E-state index in [4.69, 9.17) is 11.6 Å². The predicted molar refractivity (Wildman–Crippen MR) is 98.6 cm³/mol. The van der Waals surface area contributed by atoms with Crippen LogP contribution in [-0.2, 0) is 0 Å². The van der Waals surface area contributed by atoms with Gasteiger partial charge in [0.25, 0.3) is 0 Å². The van der Waals surface area contributed by atoms with Crippen LogP contribution >= 0.6 is 32.2 Å². The summed E-state index contributed by atoms with van der Waals surface area (Å²) in [4.78, 5) is 5.46. The van der Waals surface area contributed by atoms with Crippen molar-refractivity contribution in [2.45, 2.75) is 13.8 Å². The molecule has 2 aromatic heterocycles. The van der Waals surface area contributed by atoms with Gasteiger partial charge < -0.3 is 0 Å². The highest BCUT2D eigenvalue weighted by Crippen LogP contribution is 2.34. The van der Waals surface area contributed by atoms with Crippen molar-refractivity contribution in [1.82, 2.24) is 4.98 Å². The summed E-state index contributed by atoms with van der Waals surface area (Å²) in [6.07, 6.45) is 3.75. The second kappa shape index (κ2) is 5.88. The maximum Gasteiger partial charge on any atom is 0.0412 e. The van der Waals surface area contributed by atoms with Crippen LogP contribution in [0, 0.1) is 0 Å². The van der Waals surface area contributed by atoms with Crippen molar-refractivity contribution in [3.63, 3.8) is 0 Å². The van der Waals surface area contributed by atoms with E-state index in [0.717, 1.165) is 5.02 Å². The van der Waals surface area contributed by atoms with E-state index in [0.29, 0.717) is 0 Å². The molecule has 0 aliphatic carbocycles. The number of pyridine rings is 1. The third-order valence-electron chi connectivity index (χ3n) is 3.67. The molecule has 0 bridgehead atoms. The van der Waals surface area contributed by atoms with Gasteiger partial charge in [0.05, 0.1) is 0 Å². The average molecular weight is 332 g/mol. The fourth-order valence-corrected chi connectivity index (χ4v) is 3.96. The molecule has 0 N–H and O–H groups in total. The third kappa shape index (κ3) is 2.89. The van der Waals surface area contributed by atoms with Gasteiger partial charge in [-0.3, -0.25) is 4.98 Å². The van der Waals surface area contributed by atoms with Gasteiger partial charge in [0.1, 0.15) is 0 Å². The first kappa shape index (κ1) is 14.7. The van der Waals surface area contributed by atoms with Crippen molar-refractivity contribution in [2.24, 2.45) is 0 Å². The summed E-state index contributed by atoms with van der Waals surface area (Å²) in [7, 11) is 2.78. The minimum Gasteiger partial charge on any atom is -0.264 e. The van der Waals surface area contributed by atoms with Crippen molar-refractivity contribution in [2.75, 3.05) is 0 Å². The van der Waals surface area contributed by atoms with E-state index in [9.17, 15) is 0 Å². The topological polar surface area (TPSA) is 12.9 Å². The molecule has 0 fully saturated rings. The van der Waals surface area contributed by atoms with Crippen molar-refractivity contribution in [3.8, 4) is 0 Å². The fraction of sp³-hybridized carbons (Fsp3) is 0.118. The van der Waals surface area contributed by atoms with Gasteiger partial charge in [0, 0.05) is 32.4 Å². The molecule has 0 saturated carbocycles. The van der Waals surface area contributed by atoms with Crippen LogP contribution in [0.25, 0.3) is 21.2 Å². The number of benzene rings is 1. The van der Waals surface area contributed by atoms with E-state index in [1.54, 1.807) is 11.3 Å². The van der Waals surface area contributed by atoms with Crippen LogP contribution in [0.3, 0.4) is 0 Å². The van der Waals surface area contributed by atoms with E-state index in [1.807, 2.05) is 30.6 Å². The number of aromatic nitrogens is 1. The van der Waals surface area contributed by atoms with Crippen LogP contribution < -0.4 is 5.30 Å². The number of halogens is 1. The van der Waals surface area contributed by atoms with Crippen molar-refractivity contribution in [1.29, 1.82) is 0 Å². The molecule has 1 aromatic carbocycles. The summed E-state index contributed by atoms with van der Waals surface area (Å²) in [5, 5.41) is 3.13. The largest absolute Gasteiger partial charge is 0.264 e. The van der Waals surface area contributed by atoms with E-state index < -0.39 is 0 Å². The summed E-state index contributed by atoms with van der Waals surface area (Å²) in [6.45, 7) is 4.32. The van der Waals surface area contributed by atoms with E-state index in [-0.39, 0.29) is 0 Å². The number of fused-ring (bicyclic) bond motifs is 1. The molecular formula is C17H15ClNPS. The van der Waals surface area contributed by atoms with Crippen LogP contribution in [0.4, 0.5) is 0 Å². The Labute approximate surface area is 135 Å². The maximum atomic E-state index is 6.14. The lowest BCUT2D eigenvalue weighted by molar-refractivity contribution is 1.37. The predicted octanol–water partition coefficient (Wildman–Crippen LogP) is 5.40. The van der Waals surface area contributed by atoms with Gasteiger partial charge in [-0.1, -0.05) is 17.7 Å². The summed E-state index contributed by atoms with van der Waals surface area (Å²) >= 11 is 7.94. The van der Waals surface area contributed by atoms with Crippen molar-refractivity contribution < 1.29 is 0 Å². The average Bonchev–Trinajstić information content (AvgIpc) is 2.92. The summed E-state index contributed by atoms with van der Waals surface area (Å²) in [5.41, 5.74) is 3.71. The normalized spacial score (nSPS) is 12.6. The van der Waals surface area contributed by atoms with Crippen LogP contribution in [0.1, 0.15) is 24.3 Å². The SMILES string of the molecule is C/C(=C(\C)c1cc(Cl)ccc1P)c1cc2cnccc2s1. The van der Waals surface area contributed by atoms with Gasteiger partial charge in [0.2, 0.25) is 0 Å². The first-order valence-corrected chi connectivity index (χ1v) is 8.40. The van der Waals surface area contributed by atoms with Crippen LogP contribution in [0.15, 0.2) is 42.7 Å². The second-order valence-electron chi connectivity index (χ2n) is 5.01. The molecule has 2 heterocycles. The fourth-order valence-electron chi connectivity index (χ4n) is 2.31. The van der Waals surface area contributed by atoms with E-state index >= 15 is 0 Å². The lowest BCUT2D eigenvalue weighted by atomic mass is 10.0. The molecule has 0 spiro atoms. The van der Waals surface area contributed by atoms with Gasteiger partial charge in [-0.05, 0) is 60.1 Å². The first-order chi connectivity index (χ1) is 10.1. The highest BCUT2D eigenvalue weighted by Gasteiger charge is 2.09. The highest BCUT2D eigenvalue weighted by atomic mass is 35.5. The molecule has 0 saturated heterocycles. The third-order valence-corrected chi connectivity index (χ3v) is 5.64. The zero-order valence-electron chi connectivity index (χ0n) is 11.9. The Balaban J connectivity index is 2.13. The lowest BCUT2D eigenvalue weighted by Gasteiger charge is -2.10. The van der Waals surface area contributed by atoms with Gasteiger partial charge in [-0.15, -0.1) is 20.6 Å². The minimum atomic E-state index is 0.767. The Morgan fingerprint density at radius 3 is 2.71 bits per heavy atom. The first-order valence-electron chi connectivity index (χ1n) is 6.63. The molecule has 0 aliphatic rings. The molecule has 3 aromatic rings. The monoisotopic (exact) mass is 331 g/mol. The summed E-state index contributed by atoms with van der Waals surface area (Å²) in [6, 6.07) is 10.2. The van der Waals surface area contributed by atoms with Crippen molar-refractivity contribution >= 4 is 58.7 Å². The van der Waals surface area contributed by atoms with Gasteiger partial charge in [-0.25, -0.2) is 0 Å². The van der Waals surface area contributed by atoms with Gasteiger partial charge in [-0.2, -0.15) is 0 Å². The molecule has 1 nitrogen and oxygen atoms in total. The zero-order valence-corrected chi connectivity index (χ0v) is 14.6. The molecule has 1 unspecified atom stereocenters. The van der Waals surface area contributed by atoms with Crippen LogP contribution in [0.5, 0.6) is 0 Å². The molecule has 1 atom stereocenters. The van der Waals surface area contributed by atoms with Crippen molar-refractivity contribution in [3.05, 3.63) is 58.2 Å². The second-order valence-corrected chi connectivity index (χ2v) is 7.15. The Hall–Kier alpha value is -1.21. The van der Waals surface area contributed by atoms with Crippen LogP contribution in [0.2, 0.25) is 5.02 Å². The summed E-state index contributed by atoms with van der Waals surface area (Å²) < 4.78 is 1.27. The Bertz CT molecular complexity index is 818.